The minimum Gasteiger partial charge on any atom is -0.508 e. The second-order valence-corrected chi connectivity index (χ2v) is 20.1. The van der Waals surface area contributed by atoms with Gasteiger partial charge in [-0.2, -0.15) is 0 Å². The Hall–Kier alpha value is -4.19. The maximum Gasteiger partial charge on any atom is 0.408 e. The smallest absolute Gasteiger partial charge is 0.408 e. The number of carbonyl (C=O) groups is 3. The summed E-state index contributed by atoms with van der Waals surface area (Å²) in [6.07, 6.45) is 0.197. The highest BCUT2D eigenvalue weighted by Gasteiger charge is 2.50. The van der Waals surface area contributed by atoms with Gasteiger partial charge in [-0.15, -0.1) is 0 Å². The van der Waals surface area contributed by atoms with E-state index >= 15 is 0 Å². The molecule has 2 aliphatic heterocycles. The summed E-state index contributed by atoms with van der Waals surface area (Å²) in [4.78, 5) is 57.8. The Morgan fingerprint density at radius 3 is 2.45 bits per heavy atom. The fourth-order valence-electron chi connectivity index (χ4n) is 6.50. The monoisotopic (exact) mass is 663 g/mol. The lowest BCUT2D eigenvalue weighted by molar-refractivity contribution is -0.188. The fourth-order valence-corrected chi connectivity index (χ4v) is 10.1. The van der Waals surface area contributed by atoms with E-state index in [9.17, 15) is 24.3 Å². The number of rotatable bonds is 7. The van der Waals surface area contributed by atoms with Gasteiger partial charge in [0.05, 0.1) is 37.1 Å². The predicted octanol–water partition coefficient (Wildman–Crippen LogP) is 5.21. The van der Waals surface area contributed by atoms with Crippen molar-refractivity contribution in [2.75, 3.05) is 6.54 Å². The third-order valence-corrected chi connectivity index (χ3v) is 12.3. The average molecular weight is 664 g/mol. The van der Waals surface area contributed by atoms with Crippen LogP contribution in [-0.4, -0.2) is 52.9 Å². The van der Waals surface area contributed by atoms with Crippen molar-refractivity contribution in [3.05, 3.63) is 51.3 Å². The molecule has 1 aromatic carbocycles. The molecule has 0 fully saturated rings. The number of ether oxygens (including phenoxy) is 3. The molecule has 0 spiro atoms. The number of alkyl carbamates (subject to hydrolysis) is 1. The minimum absolute atomic E-state index is 0.00478. The molecule has 0 saturated heterocycles. The first kappa shape index (κ1) is 34.1. The Morgan fingerprint density at radius 2 is 1.81 bits per heavy atom. The number of hydrogen-bond acceptors (Lipinski definition) is 9. The maximum atomic E-state index is 14.2. The molecule has 252 valence electrons. The molecule has 2 N–H and O–H groups in total. The van der Waals surface area contributed by atoms with Crippen molar-refractivity contribution in [3.8, 4) is 17.1 Å². The molecule has 2 aliphatic rings. The van der Waals surface area contributed by atoms with Crippen LogP contribution < -0.4 is 16.1 Å². The molecule has 0 bridgehead atoms. The fraction of sp³-hybridized carbons (Fsp3) is 0.514. The number of phenolic OH excluding ortho intramolecular Hbond substituents is 1. The number of nitrogens with one attached hydrogen (secondary N) is 1. The standard InChI is InChI=1S/C35H45N3O8Si/c1-10-35(45-27(40)17-36-32(43)46-34(5,6)7)24-16-26-28-22(18-38(26)30(41)23(24)19-44-31(35)42)29(47(8,9)14-13-33(2,3)4)21-15-20(39)11-12-25(21)37-28/h11-12,15-16,39H,10,13-14,17-19H2,1-9H3,(H,36,43)/t35-/m0/s1. The van der Waals surface area contributed by atoms with Gasteiger partial charge in [0.1, 0.15) is 24.5 Å². The van der Waals surface area contributed by atoms with Gasteiger partial charge in [-0.05, 0) is 67.6 Å². The summed E-state index contributed by atoms with van der Waals surface area (Å²) < 4.78 is 18.1. The van der Waals surface area contributed by atoms with Crippen LogP contribution >= 0.6 is 0 Å². The van der Waals surface area contributed by atoms with Gasteiger partial charge in [0.25, 0.3) is 5.56 Å². The van der Waals surface area contributed by atoms with E-state index in [1.165, 1.54) is 0 Å². The van der Waals surface area contributed by atoms with Gasteiger partial charge in [0, 0.05) is 10.9 Å². The van der Waals surface area contributed by atoms with Gasteiger partial charge in [-0.25, -0.2) is 14.6 Å². The molecular weight excluding hydrogens is 618 g/mol. The number of amides is 1. The number of esters is 2. The minimum atomic E-state index is -2.18. The van der Waals surface area contributed by atoms with Crippen LogP contribution in [0.15, 0.2) is 29.1 Å². The summed E-state index contributed by atoms with van der Waals surface area (Å²) in [5, 5.41) is 14.9. The molecule has 1 atom stereocenters. The van der Waals surface area contributed by atoms with E-state index in [0.717, 1.165) is 28.6 Å². The molecule has 1 amide bonds. The molecule has 0 radical (unpaired) electrons. The van der Waals surface area contributed by atoms with Crippen molar-refractivity contribution in [3.63, 3.8) is 0 Å². The number of cyclic esters (lactones) is 1. The molecule has 11 nitrogen and oxygen atoms in total. The van der Waals surface area contributed by atoms with Gasteiger partial charge < -0.3 is 29.2 Å². The van der Waals surface area contributed by atoms with Gasteiger partial charge >= 0.3 is 18.0 Å². The van der Waals surface area contributed by atoms with Crippen LogP contribution in [0.1, 0.15) is 78.0 Å². The molecule has 2 aromatic heterocycles. The Kier molecular flexibility index (Phi) is 8.57. The number of fused-ring (bicyclic) bond motifs is 5. The van der Waals surface area contributed by atoms with E-state index in [1.807, 2.05) is 0 Å². The van der Waals surface area contributed by atoms with Gasteiger partial charge in [-0.1, -0.05) is 53.3 Å². The predicted molar refractivity (Wildman–Crippen MR) is 180 cm³/mol. The molecule has 12 heteroatoms. The first-order valence-electron chi connectivity index (χ1n) is 16.1. The summed E-state index contributed by atoms with van der Waals surface area (Å²) in [7, 11) is -2.18. The van der Waals surface area contributed by atoms with Crippen molar-refractivity contribution in [1.29, 1.82) is 0 Å². The second-order valence-electron chi connectivity index (χ2n) is 15.4. The number of pyridine rings is 2. The number of benzene rings is 1. The summed E-state index contributed by atoms with van der Waals surface area (Å²) >= 11 is 0. The average Bonchev–Trinajstić information content (AvgIpc) is 3.32. The molecule has 0 aliphatic carbocycles. The van der Waals surface area contributed by atoms with Gasteiger partial charge in [-0.3, -0.25) is 9.59 Å². The Balaban J connectivity index is 1.62. The summed E-state index contributed by atoms with van der Waals surface area (Å²) in [5.74, 6) is -1.53. The number of carbonyl (C=O) groups excluding carboxylic acids is 3. The van der Waals surface area contributed by atoms with Gasteiger partial charge in [0.15, 0.2) is 0 Å². The van der Waals surface area contributed by atoms with E-state index < -0.39 is 43.9 Å². The number of hydrogen-bond donors (Lipinski definition) is 2. The number of aromatic nitrogens is 2. The Bertz CT molecular complexity index is 1850. The normalized spacial score (nSPS) is 17.4. The zero-order valence-corrected chi connectivity index (χ0v) is 29.8. The maximum absolute atomic E-state index is 14.2. The zero-order valence-electron chi connectivity index (χ0n) is 28.8. The van der Waals surface area contributed by atoms with E-state index in [-0.39, 0.29) is 47.4 Å². The highest BCUT2D eigenvalue weighted by atomic mass is 28.3. The van der Waals surface area contributed by atoms with Crippen LogP contribution in [0.5, 0.6) is 5.75 Å². The van der Waals surface area contributed by atoms with Crippen molar-refractivity contribution in [2.24, 2.45) is 5.41 Å². The SMILES string of the molecule is CC[C@@]1(OC(=O)CNC(=O)OC(C)(C)C)C(=O)OCc2c1cc1n(c2=O)Cc2c-1nc1ccc(O)cc1c2[Si](C)(C)CCC(C)(C)C. The molecule has 47 heavy (non-hydrogen) atoms. The van der Waals surface area contributed by atoms with Crippen molar-refractivity contribution >= 4 is 42.2 Å². The number of nitrogens with zero attached hydrogens (tertiary/aromatic N) is 2. The third kappa shape index (κ3) is 6.52. The highest BCUT2D eigenvalue weighted by molar-refractivity contribution is 6.91. The lowest BCUT2D eigenvalue weighted by atomic mass is 9.85. The molecule has 4 heterocycles. The third-order valence-electron chi connectivity index (χ3n) is 8.88. The first-order chi connectivity index (χ1) is 21.8. The zero-order chi connectivity index (χ0) is 34.7. The van der Waals surface area contributed by atoms with Crippen molar-refractivity contribution in [2.45, 2.75) is 105 Å². The molecule has 3 aromatic rings. The van der Waals surface area contributed by atoms with Crippen LogP contribution in [0.25, 0.3) is 22.3 Å². The van der Waals surface area contributed by atoms with Crippen molar-refractivity contribution < 1.29 is 33.7 Å². The topological polar surface area (TPSA) is 146 Å². The van der Waals surface area contributed by atoms with Crippen LogP contribution in [0.2, 0.25) is 19.1 Å². The lowest BCUT2D eigenvalue weighted by Gasteiger charge is -2.35. The van der Waals surface area contributed by atoms with Crippen LogP contribution in [0.3, 0.4) is 0 Å². The lowest BCUT2D eigenvalue weighted by Crippen LogP contribution is -2.49. The van der Waals surface area contributed by atoms with Crippen LogP contribution in [-0.2, 0) is 42.6 Å². The van der Waals surface area contributed by atoms with E-state index in [4.69, 9.17) is 19.2 Å². The summed E-state index contributed by atoms with van der Waals surface area (Å²) in [6.45, 7) is 17.5. The largest absolute Gasteiger partial charge is 0.508 e. The number of aromatic hydroxyl groups is 1. The summed E-state index contributed by atoms with van der Waals surface area (Å²) in [6, 6.07) is 7.88. The highest BCUT2D eigenvalue weighted by Crippen LogP contribution is 2.41. The van der Waals surface area contributed by atoms with Crippen molar-refractivity contribution in [1.82, 2.24) is 14.9 Å². The van der Waals surface area contributed by atoms with Gasteiger partial charge in [0.2, 0.25) is 5.60 Å². The second kappa shape index (κ2) is 11.8. The van der Waals surface area contributed by atoms with E-state index in [0.29, 0.717) is 16.9 Å². The van der Waals surface area contributed by atoms with Crippen LogP contribution in [0.4, 0.5) is 4.79 Å². The Morgan fingerprint density at radius 1 is 1.11 bits per heavy atom. The summed E-state index contributed by atoms with van der Waals surface area (Å²) in [5.41, 5.74) is 0.384. The van der Waals surface area contributed by atoms with E-state index in [1.54, 1.807) is 56.5 Å². The Labute approximate surface area is 275 Å². The molecular formula is C35H45N3O8Si. The quantitative estimate of drug-likeness (QED) is 0.155. The van der Waals surface area contributed by atoms with Crippen LogP contribution in [0, 0.1) is 5.41 Å². The molecule has 5 rings (SSSR count). The molecule has 0 unspecified atom stereocenters. The van der Waals surface area contributed by atoms with E-state index in [2.05, 4.69) is 39.2 Å². The first-order valence-corrected chi connectivity index (χ1v) is 19.3. The number of phenols is 1. The molecule has 0 saturated carbocycles.